The lowest BCUT2D eigenvalue weighted by atomic mass is 9.77. The maximum Gasteiger partial charge on any atom is 0.313 e. The molecular weight excluding hydrogens is 358 g/mol. The van der Waals surface area contributed by atoms with Gasteiger partial charge in [0.25, 0.3) is 0 Å². The average Bonchev–Trinajstić information content (AvgIpc) is 3.32. The Labute approximate surface area is 165 Å². The van der Waals surface area contributed by atoms with Gasteiger partial charge in [0.05, 0.1) is 24.7 Å². The van der Waals surface area contributed by atoms with Crippen LogP contribution < -0.4 is 0 Å². The predicted octanol–water partition coefficient (Wildman–Crippen LogP) is 2.33. The van der Waals surface area contributed by atoms with Gasteiger partial charge in [-0.1, -0.05) is 42.5 Å². The van der Waals surface area contributed by atoms with Crippen molar-refractivity contribution in [3.8, 4) is 0 Å². The molecule has 6 nitrogen and oxygen atoms in total. The lowest BCUT2D eigenvalue weighted by Crippen LogP contribution is -2.40. The molecule has 6 heteroatoms. The van der Waals surface area contributed by atoms with E-state index in [1.807, 2.05) is 56.3 Å². The molecule has 2 fully saturated rings. The topological polar surface area (TPSA) is 65.1 Å². The van der Waals surface area contributed by atoms with Crippen LogP contribution in [0, 0.1) is 11.8 Å². The van der Waals surface area contributed by atoms with Crippen molar-refractivity contribution >= 4 is 11.9 Å². The first kappa shape index (κ1) is 19.2. The molecule has 0 saturated carbocycles. The van der Waals surface area contributed by atoms with Crippen molar-refractivity contribution in [1.29, 1.82) is 0 Å². The fraction of sp³-hybridized carbons (Fsp3) is 0.545. The van der Waals surface area contributed by atoms with Crippen LogP contribution in [0.1, 0.15) is 25.8 Å². The van der Waals surface area contributed by atoms with E-state index in [0.717, 1.165) is 12.0 Å². The molecule has 28 heavy (non-hydrogen) atoms. The zero-order valence-electron chi connectivity index (χ0n) is 16.4. The van der Waals surface area contributed by atoms with Gasteiger partial charge in [-0.15, -0.1) is 0 Å². The molecule has 0 aromatic heterocycles. The van der Waals surface area contributed by atoms with Crippen LogP contribution >= 0.6 is 0 Å². The quantitative estimate of drug-likeness (QED) is 0.390. The SMILES string of the molecule is CC(C)OCCCN1C[C@]23C=C[C@H](O2)[C@@H](C(=O)OCc2ccccc2)[C@@H]3C1=O. The van der Waals surface area contributed by atoms with Crippen LogP contribution in [0.2, 0.25) is 0 Å². The van der Waals surface area contributed by atoms with Gasteiger partial charge < -0.3 is 19.1 Å². The second-order valence-electron chi connectivity index (χ2n) is 8.03. The van der Waals surface area contributed by atoms with Crippen LogP contribution in [0.3, 0.4) is 0 Å². The molecule has 4 atom stereocenters. The van der Waals surface area contributed by atoms with E-state index in [-0.39, 0.29) is 30.7 Å². The van der Waals surface area contributed by atoms with Crippen molar-refractivity contribution in [3.63, 3.8) is 0 Å². The van der Waals surface area contributed by atoms with Gasteiger partial charge in [-0.3, -0.25) is 9.59 Å². The van der Waals surface area contributed by atoms with Gasteiger partial charge >= 0.3 is 5.97 Å². The standard InChI is InChI=1S/C22H27NO5/c1-15(2)26-12-6-11-23-14-22-10-9-17(28-22)18(19(22)20(23)24)21(25)27-13-16-7-4-3-5-8-16/h3-5,7-10,15,17-19H,6,11-14H2,1-2H3/t17-,18+,19+,22-/m0/s1. The fourth-order valence-electron chi connectivity index (χ4n) is 4.44. The van der Waals surface area contributed by atoms with Crippen molar-refractivity contribution < 1.29 is 23.8 Å². The van der Waals surface area contributed by atoms with E-state index in [4.69, 9.17) is 14.2 Å². The van der Waals surface area contributed by atoms with E-state index in [1.54, 1.807) is 4.90 Å². The summed E-state index contributed by atoms with van der Waals surface area (Å²) in [5.74, 6) is -1.43. The van der Waals surface area contributed by atoms with Gasteiger partial charge in [0.15, 0.2) is 0 Å². The molecule has 1 aromatic rings. The van der Waals surface area contributed by atoms with Crippen molar-refractivity contribution in [2.45, 2.75) is 44.7 Å². The number of rotatable bonds is 8. The second-order valence-corrected chi connectivity index (χ2v) is 8.03. The number of ether oxygens (including phenoxy) is 3. The Bertz CT molecular complexity index is 761. The molecule has 4 rings (SSSR count). The highest BCUT2D eigenvalue weighted by atomic mass is 16.6. The van der Waals surface area contributed by atoms with Gasteiger partial charge in [0.1, 0.15) is 18.1 Å². The maximum atomic E-state index is 13.1. The number of carbonyl (C=O) groups excluding carboxylic acids is 2. The third-order valence-corrected chi connectivity index (χ3v) is 5.70. The van der Waals surface area contributed by atoms with Gasteiger partial charge in [-0.25, -0.2) is 0 Å². The van der Waals surface area contributed by atoms with Gasteiger partial charge in [0, 0.05) is 13.2 Å². The first-order chi connectivity index (χ1) is 13.5. The lowest BCUT2D eigenvalue weighted by Gasteiger charge is -2.22. The normalized spacial score (nSPS) is 30.3. The Morgan fingerprint density at radius 1 is 1.32 bits per heavy atom. The largest absolute Gasteiger partial charge is 0.460 e. The second kappa shape index (κ2) is 7.68. The van der Waals surface area contributed by atoms with Gasteiger partial charge in [0.2, 0.25) is 5.91 Å². The number of fused-ring (bicyclic) bond motifs is 1. The molecule has 2 saturated heterocycles. The van der Waals surface area contributed by atoms with Crippen molar-refractivity contribution in [2.75, 3.05) is 19.7 Å². The third kappa shape index (κ3) is 3.47. The van der Waals surface area contributed by atoms with Crippen molar-refractivity contribution in [2.24, 2.45) is 11.8 Å². The molecule has 1 aromatic carbocycles. The minimum absolute atomic E-state index is 0.0157. The molecule has 1 spiro atoms. The molecule has 0 N–H and O–H groups in total. The summed E-state index contributed by atoms with van der Waals surface area (Å²) in [5, 5.41) is 0. The van der Waals surface area contributed by atoms with Crippen LogP contribution in [0.4, 0.5) is 0 Å². The number of amides is 1. The highest BCUT2D eigenvalue weighted by Crippen LogP contribution is 2.52. The van der Waals surface area contributed by atoms with E-state index in [0.29, 0.717) is 19.7 Å². The molecule has 1 amide bonds. The summed E-state index contributed by atoms with van der Waals surface area (Å²) in [6, 6.07) is 9.55. The lowest BCUT2D eigenvalue weighted by molar-refractivity contribution is -0.155. The zero-order chi connectivity index (χ0) is 19.7. The zero-order valence-corrected chi connectivity index (χ0v) is 16.4. The molecule has 0 aliphatic carbocycles. The molecule has 150 valence electrons. The van der Waals surface area contributed by atoms with Crippen LogP contribution in [0.25, 0.3) is 0 Å². The Hall–Kier alpha value is -2.18. The van der Waals surface area contributed by atoms with Crippen LogP contribution in [0.5, 0.6) is 0 Å². The Morgan fingerprint density at radius 3 is 2.86 bits per heavy atom. The highest BCUT2D eigenvalue weighted by molar-refractivity contribution is 5.91. The van der Waals surface area contributed by atoms with Crippen LogP contribution in [-0.4, -0.2) is 54.3 Å². The summed E-state index contributed by atoms with van der Waals surface area (Å²) in [5.41, 5.74) is 0.242. The maximum absolute atomic E-state index is 13.1. The summed E-state index contributed by atoms with van der Waals surface area (Å²) in [6.07, 6.45) is 4.44. The summed E-state index contributed by atoms with van der Waals surface area (Å²) in [6.45, 7) is 5.91. The number of nitrogens with zero attached hydrogens (tertiary/aromatic N) is 1. The summed E-state index contributed by atoms with van der Waals surface area (Å²) in [4.78, 5) is 27.7. The van der Waals surface area contributed by atoms with E-state index >= 15 is 0 Å². The van der Waals surface area contributed by atoms with E-state index in [2.05, 4.69) is 0 Å². The van der Waals surface area contributed by atoms with Crippen molar-refractivity contribution in [3.05, 3.63) is 48.0 Å². The number of benzene rings is 1. The fourth-order valence-corrected chi connectivity index (χ4v) is 4.44. The Morgan fingerprint density at radius 2 is 2.11 bits per heavy atom. The van der Waals surface area contributed by atoms with E-state index in [9.17, 15) is 9.59 Å². The molecule has 3 heterocycles. The van der Waals surface area contributed by atoms with E-state index < -0.39 is 17.4 Å². The third-order valence-electron chi connectivity index (χ3n) is 5.70. The number of carbonyl (C=O) groups is 2. The molecule has 2 bridgehead atoms. The van der Waals surface area contributed by atoms with Gasteiger partial charge in [-0.2, -0.15) is 0 Å². The smallest absolute Gasteiger partial charge is 0.313 e. The molecule has 0 unspecified atom stereocenters. The van der Waals surface area contributed by atoms with Crippen LogP contribution in [0.15, 0.2) is 42.5 Å². The van der Waals surface area contributed by atoms with Gasteiger partial charge in [-0.05, 0) is 25.8 Å². The number of hydrogen-bond donors (Lipinski definition) is 0. The highest BCUT2D eigenvalue weighted by Gasteiger charge is 2.67. The first-order valence-electron chi connectivity index (χ1n) is 9.98. The molecule has 0 radical (unpaired) electrons. The average molecular weight is 385 g/mol. The minimum atomic E-state index is -0.683. The first-order valence-corrected chi connectivity index (χ1v) is 9.98. The summed E-state index contributed by atoms with van der Waals surface area (Å²) < 4.78 is 17.2. The summed E-state index contributed by atoms with van der Waals surface area (Å²) >= 11 is 0. The number of hydrogen-bond acceptors (Lipinski definition) is 5. The Balaban J connectivity index is 1.39. The molecule has 3 aliphatic heterocycles. The minimum Gasteiger partial charge on any atom is -0.460 e. The van der Waals surface area contributed by atoms with E-state index in [1.165, 1.54) is 0 Å². The molecule has 3 aliphatic rings. The summed E-state index contributed by atoms with van der Waals surface area (Å²) in [7, 11) is 0. The molecular formula is C22H27NO5. The predicted molar refractivity (Wildman–Crippen MR) is 102 cm³/mol. The number of likely N-dealkylation sites (tertiary alicyclic amines) is 1. The Kier molecular flexibility index (Phi) is 5.25. The van der Waals surface area contributed by atoms with Crippen molar-refractivity contribution in [1.82, 2.24) is 4.90 Å². The monoisotopic (exact) mass is 385 g/mol. The number of esters is 1. The van der Waals surface area contributed by atoms with Crippen LogP contribution in [-0.2, 0) is 30.4 Å².